The average Bonchev–Trinajstić information content (AvgIpc) is 2.94. The molecule has 25 heavy (non-hydrogen) atoms. The molecule has 0 amide bonds. The van der Waals surface area contributed by atoms with Gasteiger partial charge in [-0.1, -0.05) is 6.07 Å². The van der Waals surface area contributed by atoms with Gasteiger partial charge >= 0.3 is 0 Å². The summed E-state index contributed by atoms with van der Waals surface area (Å²) in [5.41, 5.74) is 1.87. The molecule has 2 aromatic carbocycles. The van der Waals surface area contributed by atoms with E-state index in [1.165, 1.54) is 12.1 Å². The molecule has 6 heteroatoms. The molecule has 4 rings (SSSR count). The number of fused-ring (bicyclic) bond motifs is 3. The minimum absolute atomic E-state index is 0.221. The highest BCUT2D eigenvalue weighted by atomic mass is 19.1. The SMILES string of the molecule is Cn1ccc2c3c(ccc21)C(c1cc(F)cc(F)c1)C(C#N)C(=N)O3. The van der Waals surface area contributed by atoms with Crippen molar-refractivity contribution < 1.29 is 13.5 Å². The maximum Gasteiger partial charge on any atom is 0.205 e. The lowest BCUT2D eigenvalue weighted by Gasteiger charge is -2.30. The van der Waals surface area contributed by atoms with Crippen molar-refractivity contribution in [1.82, 2.24) is 4.57 Å². The molecule has 0 radical (unpaired) electrons. The molecular weight excluding hydrogens is 324 g/mol. The number of rotatable bonds is 1. The molecule has 0 fully saturated rings. The van der Waals surface area contributed by atoms with E-state index in [-0.39, 0.29) is 5.90 Å². The van der Waals surface area contributed by atoms with Gasteiger partial charge in [0.15, 0.2) is 0 Å². The van der Waals surface area contributed by atoms with Crippen molar-refractivity contribution in [2.45, 2.75) is 5.92 Å². The minimum Gasteiger partial charge on any atom is -0.441 e. The zero-order valence-corrected chi connectivity index (χ0v) is 13.3. The van der Waals surface area contributed by atoms with E-state index in [4.69, 9.17) is 10.1 Å². The largest absolute Gasteiger partial charge is 0.441 e. The lowest BCUT2D eigenvalue weighted by atomic mass is 9.78. The Hall–Kier alpha value is -3.20. The fourth-order valence-corrected chi connectivity index (χ4v) is 3.46. The van der Waals surface area contributed by atoms with Crippen LogP contribution in [-0.4, -0.2) is 10.5 Å². The molecule has 0 aliphatic carbocycles. The molecule has 4 nitrogen and oxygen atoms in total. The second-order valence-electron chi connectivity index (χ2n) is 6.10. The van der Waals surface area contributed by atoms with Crippen LogP contribution in [0.4, 0.5) is 8.78 Å². The molecule has 1 aromatic heterocycles. The lowest BCUT2D eigenvalue weighted by Crippen LogP contribution is -2.31. The number of aromatic nitrogens is 1. The zero-order chi connectivity index (χ0) is 17.7. The summed E-state index contributed by atoms with van der Waals surface area (Å²) in [5.74, 6) is -2.81. The third kappa shape index (κ3) is 2.28. The number of nitrogens with one attached hydrogen (secondary N) is 1. The van der Waals surface area contributed by atoms with Crippen molar-refractivity contribution in [1.29, 1.82) is 10.7 Å². The molecule has 0 saturated carbocycles. The summed E-state index contributed by atoms with van der Waals surface area (Å²) in [5, 5.41) is 18.4. The third-order valence-electron chi connectivity index (χ3n) is 4.59. The van der Waals surface area contributed by atoms with E-state index in [2.05, 4.69) is 0 Å². The molecule has 0 saturated heterocycles. The summed E-state index contributed by atoms with van der Waals surface area (Å²) in [6.45, 7) is 0. The molecule has 1 aliphatic rings. The number of aryl methyl sites for hydroxylation is 1. The molecule has 1 aliphatic heterocycles. The lowest BCUT2D eigenvalue weighted by molar-refractivity contribution is 0.453. The van der Waals surface area contributed by atoms with Crippen LogP contribution in [-0.2, 0) is 7.05 Å². The van der Waals surface area contributed by atoms with Crippen LogP contribution >= 0.6 is 0 Å². The van der Waals surface area contributed by atoms with Gasteiger partial charge in [0.25, 0.3) is 0 Å². The highest BCUT2D eigenvalue weighted by molar-refractivity contribution is 5.94. The van der Waals surface area contributed by atoms with Crippen molar-refractivity contribution in [3.05, 3.63) is 65.4 Å². The monoisotopic (exact) mass is 337 g/mol. The van der Waals surface area contributed by atoms with Crippen molar-refractivity contribution in [2.75, 3.05) is 0 Å². The van der Waals surface area contributed by atoms with E-state index < -0.39 is 23.5 Å². The Kier molecular flexibility index (Phi) is 3.32. The first-order valence-electron chi connectivity index (χ1n) is 7.69. The summed E-state index contributed by atoms with van der Waals surface area (Å²) in [6, 6.07) is 10.8. The predicted octanol–water partition coefficient (Wildman–Crippen LogP) is 4.10. The van der Waals surface area contributed by atoms with Gasteiger partial charge in [0, 0.05) is 36.2 Å². The van der Waals surface area contributed by atoms with E-state index in [0.29, 0.717) is 16.9 Å². The van der Waals surface area contributed by atoms with Crippen LogP contribution in [0.25, 0.3) is 10.9 Å². The molecule has 124 valence electrons. The number of hydrogen-bond donors (Lipinski definition) is 1. The van der Waals surface area contributed by atoms with E-state index in [0.717, 1.165) is 17.0 Å². The second-order valence-corrected chi connectivity index (χ2v) is 6.10. The molecule has 3 aromatic rings. The van der Waals surface area contributed by atoms with Crippen molar-refractivity contribution in [3.8, 4) is 11.8 Å². The van der Waals surface area contributed by atoms with Crippen molar-refractivity contribution in [3.63, 3.8) is 0 Å². The van der Waals surface area contributed by atoms with Crippen LogP contribution in [0.3, 0.4) is 0 Å². The first-order valence-corrected chi connectivity index (χ1v) is 7.69. The second kappa shape index (κ2) is 5.42. The molecule has 1 N–H and O–H groups in total. The zero-order valence-electron chi connectivity index (χ0n) is 13.3. The first kappa shape index (κ1) is 15.3. The molecule has 2 unspecified atom stereocenters. The molecule has 2 atom stereocenters. The highest BCUT2D eigenvalue weighted by Gasteiger charge is 2.38. The number of hydrogen-bond acceptors (Lipinski definition) is 3. The normalized spacial score (nSPS) is 19.4. The van der Waals surface area contributed by atoms with Crippen LogP contribution in [0, 0.1) is 34.3 Å². The smallest absolute Gasteiger partial charge is 0.205 e. The van der Waals surface area contributed by atoms with Gasteiger partial charge in [-0.25, -0.2) is 8.78 Å². The molecular formula is C19H13F2N3O. The van der Waals surface area contributed by atoms with Gasteiger partial charge in [0.1, 0.15) is 23.3 Å². The minimum atomic E-state index is -0.949. The Labute approximate surface area is 142 Å². The van der Waals surface area contributed by atoms with Gasteiger partial charge in [-0.3, -0.25) is 5.41 Å². The Morgan fingerprint density at radius 2 is 1.88 bits per heavy atom. The number of ether oxygens (including phenoxy) is 1. The molecule has 0 bridgehead atoms. The third-order valence-corrected chi connectivity index (χ3v) is 4.59. The van der Waals surface area contributed by atoms with Crippen molar-refractivity contribution >= 4 is 16.8 Å². The van der Waals surface area contributed by atoms with Crippen LogP contribution in [0.15, 0.2) is 42.6 Å². The fourth-order valence-electron chi connectivity index (χ4n) is 3.46. The summed E-state index contributed by atoms with van der Waals surface area (Å²) in [7, 11) is 1.89. The Morgan fingerprint density at radius 3 is 2.56 bits per heavy atom. The van der Waals surface area contributed by atoms with E-state index in [1.807, 2.05) is 36.0 Å². The number of benzene rings is 2. The topological polar surface area (TPSA) is 61.8 Å². The summed E-state index contributed by atoms with van der Waals surface area (Å²) >= 11 is 0. The van der Waals surface area contributed by atoms with Crippen molar-refractivity contribution in [2.24, 2.45) is 13.0 Å². The van der Waals surface area contributed by atoms with Gasteiger partial charge in [-0.05, 0) is 29.8 Å². The van der Waals surface area contributed by atoms with E-state index in [9.17, 15) is 14.0 Å². The average molecular weight is 337 g/mol. The van der Waals surface area contributed by atoms with Crippen LogP contribution in [0.2, 0.25) is 0 Å². The summed E-state index contributed by atoms with van der Waals surface area (Å²) in [4.78, 5) is 0. The van der Waals surface area contributed by atoms with Crippen LogP contribution in [0.5, 0.6) is 5.75 Å². The van der Waals surface area contributed by atoms with E-state index in [1.54, 1.807) is 6.07 Å². The predicted molar refractivity (Wildman–Crippen MR) is 88.6 cm³/mol. The van der Waals surface area contributed by atoms with E-state index >= 15 is 0 Å². The molecule has 2 heterocycles. The quantitative estimate of drug-likeness (QED) is 0.727. The van der Waals surface area contributed by atoms with Gasteiger partial charge < -0.3 is 9.30 Å². The number of nitrogens with zero attached hydrogens (tertiary/aromatic N) is 2. The summed E-state index contributed by atoms with van der Waals surface area (Å²) < 4.78 is 35.0. The van der Waals surface area contributed by atoms with Gasteiger partial charge in [0.2, 0.25) is 5.90 Å². The molecule has 0 spiro atoms. The van der Waals surface area contributed by atoms with Crippen LogP contribution < -0.4 is 4.74 Å². The first-order chi connectivity index (χ1) is 12.0. The highest BCUT2D eigenvalue weighted by Crippen LogP contribution is 2.45. The Bertz CT molecular complexity index is 1040. The number of nitriles is 1. The van der Waals surface area contributed by atoms with Crippen LogP contribution in [0.1, 0.15) is 17.0 Å². The number of halogens is 2. The Morgan fingerprint density at radius 1 is 1.16 bits per heavy atom. The fraction of sp³-hybridized carbons (Fsp3) is 0.158. The standard InChI is InChI=1S/C19H13F2N3O/c1-24-5-4-13-16(24)3-2-14-17(10-6-11(20)8-12(21)7-10)15(9-22)19(23)25-18(13)14/h2-8,15,17,23H,1H3. The Balaban J connectivity index is 2.01. The van der Waals surface area contributed by atoms with Gasteiger partial charge in [-0.15, -0.1) is 0 Å². The maximum absolute atomic E-state index is 13.7. The maximum atomic E-state index is 13.7. The van der Waals surface area contributed by atoms with Gasteiger partial charge in [0.05, 0.1) is 11.6 Å². The van der Waals surface area contributed by atoms with Gasteiger partial charge in [-0.2, -0.15) is 5.26 Å². The summed E-state index contributed by atoms with van der Waals surface area (Å²) in [6.07, 6.45) is 1.87.